The van der Waals surface area contributed by atoms with Crippen molar-refractivity contribution < 1.29 is 22.7 Å². The van der Waals surface area contributed by atoms with Crippen LogP contribution in [0.5, 0.6) is 5.75 Å². The highest BCUT2D eigenvalue weighted by Crippen LogP contribution is 2.27. The van der Waals surface area contributed by atoms with Crippen LogP contribution in [0, 0.1) is 0 Å². The Kier molecular flexibility index (Phi) is 7.15. The number of ether oxygens (including phenoxy) is 2. The average Bonchev–Trinajstić information content (AvgIpc) is 2.66. The molecule has 6 nitrogen and oxygen atoms in total. The molecule has 0 fully saturated rings. The molecule has 2 aromatic rings. The van der Waals surface area contributed by atoms with Crippen LogP contribution in [0.3, 0.4) is 0 Å². The van der Waals surface area contributed by atoms with E-state index in [0.717, 1.165) is 9.20 Å². The van der Waals surface area contributed by atoms with E-state index < -0.39 is 22.5 Å². The largest absolute Gasteiger partial charge is 0.491 e. The summed E-state index contributed by atoms with van der Waals surface area (Å²) in [6.45, 7) is 3.38. The fourth-order valence-corrected chi connectivity index (χ4v) is 4.15. The van der Waals surface area contributed by atoms with Gasteiger partial charge in [0.1, 0.15) is 12.3 Å². The molecule has 0 saturated heterocycles. The molecule has 0 N–H and O–H groups in total. The normalized spacial score (nSPS) is 11.3. The molecule has 0 saturated carbocycles. The van der Waals surface area contributed by atoms with Crippen molar-refractivity contribution >= 4 is 33.4 Å². The van der Waals surface area contributed by atoms with Gasteiger partial charge in [-0.15, -0.1) is 11.8 Å². The highest BCUT2D eigenvalue weighted by Gasteiger charge is 2.27. The van der Waals surface area contributed by atoms with Crippen molar-refractivity contribution in [2.45, 2.75) is 29.7 Å². The van der Waals surface area contributed by atoms with Crippen molar-refractivity contribution in [1.29, 1.82) is 0 Å². The van der Waals surface area contributed by atoms with E-state index in [9.17, 15) is 13.2 Å². The lowest BCUT2D eigenvalue weighted by atomic mass is 10.3. The van der Waals surface area contributed by atoms with Crippen molar-refractivity contribution in [3.8, 4) is 5.75 Å². The zero-order valence-electron chi connectivity index (χ0n) is 15.7. The molecule has 0 spiro atoms. The Bertz CT molecular complexity index is 862. The SMILES string of the molecule is COC(=O)CN(c1ccc(OC(C)C)cc1)S(=O)(=O)c1ccc(SC)cc1. The van der Waals surface area contributed by atoms with E-state index in [0.29, 0.717) is 11.4 Å². The van der Waals surface area contributed by atoms with Gasteiger partial charge in [-0.2, -0.15) is 0 Å². The van der Waals surface area contributed by atoms with Crippen LogP contribution < -0.4 is 9.04 Å². The Labute approximate surface area is 164 Å². The molecular formula is C19H23NO5S2. The minimum absolute atomic E-state index is 0.000653. The van der Waals surface area contributed by atoms with Gasteiger partial charge >= 0.3 is 5.97 Å². The highest BCUT2D eigenvalue weighted by atomic mass is 32.2. The zero-order chi connectivity index (χ0) is 20.0. The number of thioether (sulfide) groups is 1. The number of carbonyl (C=O) groups is 1. The Balaban J connectivity index is 2.41. The second kappa shape index (κ2) is 9.14. The minimum atomic E-state index is -3.94. The summed E-state index contributed by atoms with van der Waals surface area (Å²) >= 11 is 1.52. The number of rotatable bonds is 8. The molecular weight excluding hydrogens is 386 g/mol. The summed E-state index contributed by atoms with van der Waals surface area (Å²) in [6.07, 6.45) is 1.91. The average molecular weight is 410 g/mol. The highest BCUT2D eigenvalue weighted by molar-refractivity contribution is 7.98. The standard InChI is InChI=1S/C19H23NO5S2/c1-14(2)25-16-7-5-15(6-8-16)20(13-19(21)24-3)27(22,23)18-11-9-17(26-4)10-12-18/h5-12,14H,13H2,1-4H3. The first kappa shape index (κ1) is 21.1. The first-order valence-electron chi connectivity index (χ1n) is 8.28. The van der Waals surface area contributed by atoms with Gasteiger partial charge in [-0.3, -0.25) is 9.10 Å². The maximum atomic E-state index is 13.1. The molecule has 0 unspecified atom stereocenters. The third-order valence-corrected chi connectivity index (χ3v) is 6.18. The van der Waals surface area contributed by atoms with Crippen LogP contribution in [0.25, 0.3) is 0 Å². The second-order valence-electron chi connectivity index (χ2n) is 5.92. The number of nitrogens with zero attached hydrogens (tertiary/aromatic N) is 1. The smallest absolute Gasteiger partial charge is 0.326 e. The summed E-state index contributed by atoms with van der Waals surface area (Å²) in [5.41, 5.74) is 0.352. The Morgan fingerprint density at radius 3 is 2.15 bits per heavy atom. The molecule has 0 heterocycles. The topological polar surface area (TPSA) is 72.9 Å². The third kappa shape index (κ3) is 5.40. The summed E-state index contributed by atoms with van der Waals surface area (Å²) in [4.78, 5) is 12.9. The molecule has 146 valence electrons. The van der Waals surface area contributed by atoms with E-state index in [1.807, 2.05) is 20.1 Å². The molecule has 8 heteroatoms. The van der Waals surface area contributed by atoms with Crippen LogP contribution in [0.1, 0.15) is 13.8 Å². The van der Waals surface area contributed by atoms with Crippen molar-refractivity contribution in [1.82, 2.24) is 0 Å². The summed E-state index contributed by atoms with van der Waals surface area (Å²) in [7, 11) is -2.72. The fraction of sp³-hybridized carbons (Fsp3) is 0.316. The van der Waals surface area contributed by atoms with Gasteiger partial charge in [0.2, 0.25) is 0 Å². The van der Waals surface area contributed by atoms with Gasteiger partial charge in [0, 0.05) is 4.90 Å². The van der Waals surface area contributed by atoms with Gasteiger partial charge in [0.25, 0.3) is 10.0 Å². The van der Waals surface area contributed by atoms with Crippen LogP contribution in [-0.2, 0) is 19.6 Å². The summed E-state index contributed by atoms with van der Waals surface area (Å²) in [5.74, 6) is -0.0321. The molecule has 0 radical (unpaired) electrons. The quantitative estimate of drug-likeness (QED) is 0.490. The van der Waals surface area contributed by atoms with Crippen molar-refractivity contribution in [3.05, 3.63) is 48.5 Å². The van der Waals surface area contributed by atoms with E-state index in [2.05, 4.69) is 4.74 Å². The predicted molar refractivity (Wildman–Crippen MR) is 107 cm³/mol. The van der Waals surface area contributed by atoms with Crippen LogP contribution >= 0.6 is 11.8 Å². The summed E-state index contributed by atoms with van der Waals surface area (Å²) < 4.78 is 37.5. The zero-order valence-corrected chi connectivity index (χ0v) is 17.3. The van der Waals surface area contributed by atoms with Crippen LogP contribution in [0.2, 0.25) is 0 Å². The van der Waals surface area contributed by atoms with Gasteiger partial charge in [-0.25, -0.2) is 8.42 Å². The Morgan fingerprint density at radius 1 is 1.07 bits per heavy atom. The van der Waals surface area contributed by atoms with Gasteiger partial charge in [-0.05, 0) is 68.6 Å². The van der Waals surface area contributed by atoms with E-state index in [1.165, 1.54) is 31.0 Å². The summed E-state index contributed by atoms with van der Waals surface area (Å²) in [6, 6.07) is 13.1. The number of methoxy groups -OCH3 is 1. The van der Waals surface area contributed by atoms with Crippen LogP contribution in [0.15, 0.2) is 58.3 Å². The first-order chi connectivity index (χ1) is 12.8. The van der Waals surface area contributed by atoms with Gasteiger partial charge < -0.3 is 9.47 Å². The van der Waals surface area contributed by atoms with Gasteiger partial charge in [0.15, 0.2) is 0 Å². The lowest BCUT2D eigenvalue weighted by molar-refractivity contribution is -0.138. The minimum Gasteiger partial charge on any atom is -0.491 e. The fourth-order valence-electron chi connectivity index (χ4n) is 2.33. The molecule has 0 aromatic heterocycles. The van der Waals surface area contributed by atoms with Crippen LogP contribution in [0.4, 0.5) is 5.69 Å². The van der Waals surface area contributed by atoms with E-state index >= 15 is 0 Å². The van der Waals surface area contributed by atoms with Gasteiger partial charge in [-0.1, -0.05) is 0 Å². The number of hydrogen-bond acceptors (Lipinski definition) is 6. The second-order valence-corrected chi connectivity index (χ2v) is 8.67. The molecule has 2 rings (SSSR count). The molecule has 27 heavy (non-hydrogen) atoms. The van der Waals surface area contributed by atoms with Gasteiger partial charge in [0.05, 0.1) is 23.8 Å². The molecule has 0 amide bonds. The van der Waals surface area contributed by atoms with E-state index in [4.69, 9.17) is 4.74 Å². The monoisotopic (exact) mass is 409 g/mol. The lowest BCUT2D eigenvalue weighted by Gasteiger charge is -2.24. The molecule has 0 aliphatic carbocycles. The first-order valence-corrected chi connectivity index (χ1v) is 10.9. The predicted octanol–water partition coefficient (Wildman–Crippen LogP) is 3.56. The third-order valence-electron chi connectivity index (χ3n) is 3.64. The number of hydrogen-bond donors (Lipinski definition) is 0. The van der Waals surface area contributed by atoms with E-state index in [-0.39, 0.29) is 11.0 Å². The lowest BCUT2D eigenvalue weighted by Crippen LogP contribution is -2.36. The number of esters is 1. The Hall–Kier alpha value is -2.19. The molecule has 0 aliphatic heterocycles. The van der Waals surface area contributed by atoms with Crippen molar-refractivity contribution in [2.24, 2.45) is 0 Å². The van der Waals surface area contributed by atoms with E-state index in [1.54, 1.807) is 36.4 Å². The number of benzene rings is 2. The number of sulfonamides is 1. The van der Waals surface area contributed by atoms with Crippen molar-refractivity contribution in [3.63, 3.8) is 0 Å². The molecule has 0 atom stereocenters. The molecule has 0 bridgehead atoms. The molecule has 0 aliphatic rings. The Morgan fingerprint density at radius 2 is 1.67 bits per heavy atom. The maximum absolute atomic E-state index is 13.1. The maximum Gasteiger partial charge on any atom is 0.326 e. The summed E-state index contributed by atoms with van der Waals surface area (Å²) in [5, 5.41) is 0. The molecule has 2 aromatic carbocycles. The number of anilines is 1. The van der Waals surface area contributed by atoms with Crippen molar-refractivity contribution in [2.75, 3.05) is 24.2 Å². The number of carbonyl (C=O) groups excluding carboxylic acids is 1. The van der Waals surface area contributed by atoms with Crippen LogP contribution in [-0.4, -0.2) is 40.4 Å².